The number of hydrogen-bond donors (Lipinski definition) is 1. The molecule has 186 valence electrons. The molecule has 0 radical (unpaired) electrons. The number of hydrogen-bond acceptors (Lipinski definition) is 6. The van der Waals surface area contributed by atoms with Gasteiger partial charge >= 0.3 is 0 Å². The Balaban J connectivity index is 1.02. The van der Waals surface area contributed by atoms with Crippen molar-refractivity contribution in [2.24, 2.45) is 5.41 Å². The zero-order valence-corrected chi connectivity index (χ0v) is 20.0. The molecule has 10 heteroatoms. The maximum absolute atomic E-state index is 14.3. The lowest BCUT2D eigenvalue weighted by Gasteiger charge is -2.66. The van der Waals surface area contributed by atoms with Crippen molar-refractivity contribution in [3.63, 3.8) is 0 Å². The van der Waals surface area contributed by atoms with E-state index in [1.165, 1.54) is 6.20 Å². The minimum Gasteiger partial charge on any atom is -0.368 e. The summed E-state index contributed by atoms with van der Waals surface area (Å²) in [6.07, 6.45) is 11.7. The zero-order chi connectivity index (χ0) is 24.3. The van der Waals surface area contributed by atoms with Crippen LogP contribution in [0.5, 0.6) is 0 Å². The first kappa shape index (κ1) is 21.8. The Bertz CT molecular complexity index is 1420. The first-order chi connectivity index (χ1) is 17.5. The predicted molar refractivity (Wildman–Crippen MR) is 131 cm³/mol. The average Bonchev–Trinajstić information content (AvgIpc) is 3.58. The molecule has 8 nitrogen and oxygen atoms in total. The molecule has 1 saturated heterocycles. The van der Waals surface area contributed by atoms with Gasteiger partial charge < -0.3 is 14.6 Å². The van der Waals surface area contributed by atoms with E-state index in [-0.39, 0.29) is 5.41 Å². The van der Waals surface area contributed by atoms with E-state index in [1.807, 2.05) is 33.8 Å². The fourth-order valence-electron chi connectivity index (χ4n) is 6.22. The van der Waals surface area contributed by atoms with E-state index in [2.05, 4.69) is 32.9 Å². The Hall–Kier alpha value is -3.40. The molecule has 4 aliphatic rings. The van der Waals surface area contributed by atoms with E-state index >= 15 is 0 Å². The number of rotatable bonds is 8. The van der Waals surface area contributed by atoms with Gasteiger partial charge in [0, 0.05) is 50.3 Å². The third kappa shape index (κ3) is 3.84. The number of alkyl halides is 1. The molecule has 0 spiro atoms. The van der Waals surface area contributed by atoms with Crippen molar-refractivity contribution >= 4 is 11.3 Å². The summed E-state index contributed by atoms with van der Waals surface area (Å²) in [5.74, 6) is -0.445. The Morgan fingerprint density at radius 1 is 1.06 bits per heavy atom. The van der Waals surface area contributed by atoms with Crippen molar-refractivity contribution < 1.29 is 8.78 Å². The van der Waals surface area contributed by atoms with E-state index < -0.39 is 11.6 Å². The molecule has 1 N–H and O–H groups in total. The maximum Gasteiger partial charge on any atom is 0.236 e. The summed E-state index contributed by atoms with van der Waals surface area (Å²) in [7, 11) is 0. The van der Waals surface area contributed by atoms with Gasteiger partial charge in [-0.2, -0.15) is 4.39 Å². The van der Waals surface area contributed by atoms with Gasteiger partial charge in [-0.05, 0) is 55.2 Å². The van der Waals surface area contributed by atoms with E-state index in [9.17, 15) is 8.78 Å². The molecular formula is C26H28F2N8. The molecule has 4 aromatic rings. The number of aromatic nitrogens is 6. The van der Waals surface area contributed by atoms with Crippen LogP contribution >= 0.6 is 0 Å². The van der Waals surface area contributed by atoms with Crippen molar-refractivity contribution in [1.29, 1.82) is 0 Å². The summed E-state index contributed by atoms with van der Waals surface area (Å²) in [4.78, 5) is 10.7. The van der Waals surface area contributed by atoms with Crippen LogP contribution in [-0.2, 0) is 13.1 Å². The Morgan fingerprint density at radius 2 is 1.89 bits per heavy atom. The summed E-state index contributed by atoms with van der Waals surface area (Å²) in [5.41, 5.74) is 4.19. The van der Waals surface area contributed by atoms with Crippen LogP contribution in [0.1, 0.15) is 43.4 Å². The molecule has 0 atom stereocenters. The second-order valence-electron chi connectivity index (χ2n) is 10.8. The average molecular weight is 491 g/mol. The van der Waals surface area contributed by atoms with Gasteiger partial charge in [-0.15, -0.1) is 5.10 Å². The van der Waals surface area contributed by atoms with Gasteiger partial charge in [0.1, 0.15) is 17.0 Å². The van der Waals surface area contributed by atoms with Crippen LogP contribution in [-0.4, -0.2) is 54.7 Å². The molecule has 0 amide bonds. The molecule has 36 heavy (non-hydrogen) atoms. The third-order valence-corrected chi connectivity index (χ3v) is 7.89. The van der Waals surface area contributed by atoms with Gasteiger partial charge in [-0.25, -0.2) is 19.0 Å². The Labute approximate surface area is 207 Å². The number of fused-ring (bicyclic) bond motifs is 1. The SMILES string of the molecule is Fc1ncc(-c2cn(Cc3cn4cc(CNCC56CC(F)(C5)C6)ccc4n3)nn2)cc1N1CCCC1. The minimum atomic E-state index is -0.842. The van der Waals surface area contributed by atoms with Crippen LogP contribution in [0.2, 0.25) is 0 Å². The maximum atomic E-state index is 14.3. The number of anilines is 1. The van der Waals surface area contributed by atoms with Crippen molar-refractivity contribution in [2.75, 3.05) is 24.5 Å². The predicted octanol–water partition coefficient (Wildman–Crippen LogP) is 3.76. The van der Waals surface area contributed by atoms with Crippen LogP contribution < -0.4 is 10.2 Å². The van der Waals surface area contributed by atoms with Gasteiger partial charge in [-0.3, -0.25) is 0 Å². The molecule has 0 unspecified atom stereocenters. The quantitative estimate of drug-likeness (QED) is 0.379. The molecule has 2 bridgehead atoms. The highest BCUT2D eigenvalue weighted by molar-refractivity contribution is 5.63. The standard InChI is InChI=1S/C26H28F2N8/c27-24-22(34-5-1-2-6-34)7-19(9-30-24)21-13-36(33-32-21)12-20-11-35-10-18(3-4-23(35)31-20)8-29-17-25-14-26(28,15-25)16-25/h3-4,7,9-11,13,29H,1-2,5-6,8,12,14-17H2. The molecule has 0 aromatic carbocycles. The number of nitrogens with zero attached hydrogens (tertiary/aromatic N) is 7. The van der Waals surface area contributed by atoms with Crippen molar-refractivity contribution in [1.82, 2.24) is 34.7 Å². The van der Waals surface area contributed by atoms with Crippen molar-refractivity contribution in [3.8, 4) is 11.3 Å². The minimum absolute atomic E-state index is 0.206. The highest BCUT2D eigenvalue weighted by Gasteiger charge is 2.68. The molecule has 4 fully saturated rings. The van der Waals surface area contributed by atoms with E-state index in [1.54, 1.807) is 4.68 Å². The number of nitrogens with one attached hydrogen (secondary N) is 1. The summed E-state index contributed by atoms with van der Waals surface area (Å²) < 4.78 is 31.8. The first-order valence-corrected chi connectivity index (χ1v) is 12.6. The number of imidazole rings is 1. The lowest BCUT2D eigenvalue weighted by atomic mass is 9.42. The zero-order valence-electron chi connectivity index (χ0n) is 20.0. The van der Waals surface area contributed by atoms with Gasteiger partial charge in [0.2, 0.25) is 5.95 Å². The summed E-state index contributed by atoms with van der Waals surface area (Å²) in [6, 6.07) is 5.89. The fourth-order valence-corrected chi connectivity index (χ4v) is 6.22. The van der Waals surface area contributed by atoms with Gasteiger partial charge in [-0.1, -0.05) is 11.3 Å². The third-order valence-electron chi connectivity index (χ3n) is 7.89. The van der Waals surface area contributed by atoms with E-state index in [0.717, 1.165) is 80.8 Å². The number of pyridine rings is 2. The monoisotopic (exact) mass is 490 g/mol. The highest BCUT2D eigenvalue weighted by atomic mass is 19.1. The van der Waals surface area contributed by atoms with Gasteiger partial charge in [0.05, 0.1) is 24.1 Å². The first-order valence-electron chi connectivity index (χ1n) is 12.6. The normalized spacial score (nSPS) is 24.8. The molecule has 8 rings (SSSR count). The molecular weight excluding hydrogens is 462 g/mol. The highest BCUT2D eigenvalue weighted by Crippen LogP contribution is 2.69. The van der Waals surface area contributed by atoms with Crippen molar-refractivity contribution in [2.45, 2.75) is 50.9 Å². The second kappa shape index (κ2) is 8.06. The van der Waals surface area contributed by atoms with Crippen LogP contribution in [0.25, 0.3) is 16.9 Å². The number of halogens is 2. The lowest BCUT2D eigenvalue weighted by Crippen LogP contribution is -2.67. The summed E-state index contributed by atoms with van der Waals surface area (Å²) in [5, 5.41) is 12.0. The van der Waals surface area contributed by atoms with Gasteiger partial charge in [0.15, 0.2) is 0 Å². The lowest BCUT2D eigenvalue weighted by molar-refractivity contribution is -0.209. The molecule has 4 aromatic heterocycles. The van der Waals surface area contributed by atoms with Crippen LogP contribution in [0.4, 0.5) is 14.5 Å². The van der Waals surface area contributed by atoms with Crippen LogP contribution in [0, 0.1) is 11.4 Å². The van der Waals surface area contributed by atoms with Crippen LogP contribution in [0.15, 0.2) is 43.0 Å². The molecule has 3 saturated carbocycles. The molecule has 3 aliphatic carbocycles. The topological polar surface area (TPSA) is 76.2 Å². The largest absolute Gasteiger partial charge is 0.368 e. The molecule has 5 heterocycles. The fraction of sp³-hybridized carbons (Fsp3) is 0.462. The summed E-state index contributed by atoms with van der Waals surface area (Å²) in [6.45, 7) is 3.80. The van der Waals surface area contributed by atoms with Crippen molar-refractivity contribution in [3.05, 3.63) is 60.2 Å². The van der Waals surface area contributed by atoms with E-state index in [0.29, 0.717) is 17.9 Å². The van der Waals surface area contributed by atoms with Crippen LogP contribution in [0.3, 0.4) is 0 Å². The smallest absolute Gasteiger partial charge is 0.236 e. The van der Waals surface area contributed by atoms with E-state index in [4.69, 9.17) is 4.98 Å². The van der Waals surface area contributed by atoms with Gasteiger partial charge in [0.25, 0.3) is 0 Å². The Kier molecular flexibility index (Phi) is 4.89. The Morgan fingerprint density at radius 3 is 2.69 bits per heavy atom. The summed E-state index contributed by atoms with van der Waals surface area (Å²) >= 11 is 0. The second-order valence-corrected chi connectivity index (χ2v) is 10.8. The molecule has 1 aliphatic heterocycles.